The van der Waals surface area contributed by atoms with E-state index in [4.69, 9.17) is 9.47 Å². The van der Waals surface area contributed by atoms with Crippen molar-refractivity contribution >= 4 is 15.9 Å². The highest BCUT2D eigenvalue weighted by atomic mass is 32.2. The van der Waals surface area contributed by atoms with Gasteiger partial charge in [-0.25, -0.2) is 13.1 Å². The molecule has 0 bridgehead atoms. The molecule has 0 aliphatic heterocycles. The largest absolute Gasteiger partial charge is 0.495 e. The van der Waals surface area contributed by atoms with Crippen molar-refractivity contribution in [1.82, 2.24) is 10.0 Å². The number of carbonyl (C=O) groups excluding carboxylic acids is 1. The van der Waals surface area contributed by atoms with Gasteiger partial charge in [-0.1, -0.05) is 30.3 Å². The van der Waals surface area contributed by atoms with Gasteiger partial charge in [0.1, 0.15) is 10.6 Å². The van der Waals surface area contributed by atoms with Crippen molar-refractivity contribution in [3.05, 3.63) is 59.7 Å². The van der Waals surface area contributed by atoms with Crippen LogP contribution in [0.1, 0.15) is 36.2 Å². The molecule has 0 heterocycles. The van der Waals surface area contributed by atoms with Crippen molar-refractivity contribution in [2.24, 2.45) is 0 Å². The summed E-state index contributed by atoms with van der Waals surface area (Å²) in [7, 11) is -2.45. The van der Waals surface area contributed by atoms with E-state index in [1.807, 2.05) is 44.2 Å². The summed E-state index contributed by atoms with van der Waals surface area (Å²) in [5, 5.41) is 2.78. The van der Waals surface area contributed by atoms with E-state index in [0.717, 1.165) is 5.56 Å². The predicted molar refractivity (Wildman–Crippen MR) is 116 cm³/mol. The molecule has 7 nitrogen and oxygen atoms in total. The van der Waals surface area contributed by atoms with Gasteiger partial charge in [0.05, 0.1) is 13.2 Å². The zero-order chi connectivity index (χ0) is 22.0. The van der Waals surface area contributed by atoms with Crippen LogP contribution in [0.15, 0.2) is 53.4 Å². The molecule has 2 aromatic carbocycles. The van der Waals surface area contributed by atoms with E-state index in [0.29, 0.717) is 26.0 Å². The maximum Gasteiger partial charge on any atom is 0.251 e. The summed E-state index contributed by atoms with van der Waals surface area (Å²) in [6.45, 7) is 5.12. The maximum atomic E-state index is 12.8. The number of ether oxygens (including phenoxy) is 2. The van der Waals surface area contributed by atoms with Gasteiger partial charge in [0.2, 0.25) is 10.0 Å². The van der Waals surface area contributed by atoms with Gasteiger partial charge in [-0.2, -0.15) is 0 Å². The molecule has 1 amide bonds. The molecule has 0 saturated carbocycles. The summed E-state index contributed by atoms with van der Waals surface area (Å²) in [4.78, 5) is 12.4. The van der Waals surface area contributed by atoms with Crippen molar-refractivity contribution in [3.63, 3.8) is 0 Å². The third-order valence-electron chi connectivity index (χ3n) is 4.32. The second-order valence-corrected chi connectivity index (χ2v) is 8.76. The highest BCUT2D eigenvalue weighted by molar-refractivity contribution is 7.89. The van der Waals surface area contributed by atoms with Crippen LogP contribution < -0.4 is 14.8 Å². The van der Waals surface area contributed by atoms with E-state index < -0.39 is 10.0 Å². The van der Waals surface area contributed by atoms with Crippen LogP contribution in [0.25, 0.3) is 0 Å². The normalized spacial score (nSPS) is 11.5. The molecule has 0 radical (unpaired) electrons. The van der Waals surface area contributed by atoms with E-state index in [1.54, 1.807) is 6.07 Å². The summed E-state index contributed by atoms with van der Waals surface area (Å²) in [6.07, 6.45) is 1.37. The van der Waals surface area contributed by atoms with Crippen molar-refractivity contribution in [2.75, 3.05) is 26.8 Å². The zero-order valence-electron chi connectivity index (χ0n) is 17.7. The highest BCUT2D eigenvalue weighted by Crippen LogP contribution is 2.25. The van der Waals surface area contributed by atoms with Crippen LogP contribution in [0.2, 0.25) is 0 Å². The first-order valence-electron chi connectivity index (χ1n) is 9.95. The van der Waals surface area contributed by atoms with Crippen LogP contribution in [-0.4, -0.2) is 47.2 Å². The molecular weight excluding hydrogens is 404 g/mol. The van der Waals surface area contributed by atoms with Gasteiger partial charge in [0.25, 0.3) is 5.91 Å². The summed E-state index contributed by atoms with van der Waals surface area (Å²) in [6, 6.07) is 14.0. The van der Waals surface area contributed by atoms with E-state index in [-0.39, 0.29) is 34.8 Å². The van der Waals surface area contributed by atoms with Gasteiger partial charge < -0.3 is 14.8 Å². The number of methoxy groups -OCH3 is 1. The molecule has 0 saturated heterocycles. The Morgan fingerprint density at radius 3 is 2.47 bits per heavy atom. The van der Waals surface area contributed by atoms with Crippen molar-refractivity contribution < 1.29 is 22.7 Å². The minimum absolute atomic E-state index is 0.0612. The Morgan fingerprint density at radius 2 is 1.80 bits per heavy atom. The smallest absolute Gasteiger partial charge is 0.251 e. The first kappa shape index (κ1) is 23.9. The number of hydrogen-bond donors (Lipinski definition) is 2. The third-order valence-corrected chi connectivity index (χ3v) is 5.80. The molecule has 2 N–H and O–H groups in total. The lowest BCUT2D eigenvalue weighted by Gasteiger charge is -2.13. The van der Waals surface area contributed by atoms with Crippen LogP contribution in [0.3, 0.4) is 0 Å². The average molecular weight is 435 g/mol. The fourth-order valence-corrected chi connectivity index (χ4v) is 4.00. The minimum Gasteiger partial charge on any atom is -0.495 e. The fraction of sp³-hybridized carbons (Fsp3) is 0.409. The van der Waals surface area contributed by atoms with Crippen LogP contribution in [0, 0.1) is 0 Å². The third kappa shape index (κ3) is 7.44. The SMILES string of the molecule is COc1ccc(C(=O)NCCCOC(C)C)cc1S(=O)(=O)NCCc1ccccc1. The van der Waals surface area contributed by atoms with Crippen molar-refractivity contribution in [3.8, 4) is 5.75 Å². The molecule has 30 heavy (non-hydrogen) atoms. The summed E-state index contributed by atoms with van der Waals surface area (Å²) >= 11 is 0. The van der Waals surface area contributed by atoms with Gasteiger partial charge in [-0.3, -0.25) is 4.79 Å². The molecule has 0 spiro atoms. The van der Waals surface area contributed by atoms with Crippen LogP contribution in [-0.2, 0) is 21.2 Å². The molecular formula is C22H30N2O5S. The second kappa shape index (κ2) is 11.7. The molecule has 0 fully saturated rings. The monoisotopic (exact) mass is 434 g/mol. The maximum absolute atomic E-state index is 12.8. The van der Waals surface area contributed by atoms with Crippen LogP contribution in [0.4, 0.5) is 0 Å². The fourth-order valence-electron chi connectivity index (χ4n) is 2.78. The number of amides is 1. The van der Waals surface area contributed by atoms with Crippen LogP contribution in [0.5, 0.6) is 5.75 Å². The van der Waals surface area contributed by atoms with E-state index >= 15 is 0 Å². The lowest BCUT2D eigenvalue weighted by molar-refractivity contribution is 0.0757. The number of nitrogens with one attached hydrogen (secondary N) is 2. The van der Waals surface area contributed by atoms with Gasteiger partial charge in [-0.05, 0) is 50.5 Å². The lowest BCUT2D eigenvalue weighted by atomic mass is 10.2. The molecule has 0 aliphatic carbocycles. The van der Waals surface area contributed by atoms with Gasteiger partial charge in [0, 0.05) is 25.3 Å². The average Bonchev–Trinajstić information content (AvgIpc) is 2.73. The predicted octanol–water partition coefficient (Wildman–Crippen LogP) is 2.76. The number of benzene rings is 2. The molecule has 0 aliphatic rings. The second-order valence-electron chi connectivity index (χ2n) is 7.03. The highest BCUT2D eigenvalue weighted by Gasteiger charge is 2.21. The molecule has 0 aromatic heterocycles. The van der Waals surface area contributed by atoms with Crippen LogP contribution >= 0.6 is 0 Å². The molecule has 164 valence electrons. The van der Waals surface area contributed by atoms with Gasteiger partial charge in [-0.15, -0.1) is 0 Å². The molecule has 0 atom stereocenters. The van der Waals surface area contributed by atoms with Crippen molar-refractivity contribution in [1.29, 1.82) is 0 Å². The molecule has 2 rings (SSSR count). The van der Waals surface area contributed by atoms with Gasteiger partial charge >= 0.3 is 0 Å². The summed E-state index contributed by atoms with van der Waals surface area (Å²) in [5.41, 5.74) is 1.28. The minimum atomic E-state index is -3.84. The standard InChI is InChI=1S/C22H30N2O5S/c1-17(2)29-15-7-13-23-22(25)19-10-11-20(28-3)21(16-19)30(26,27)24-14-12-18-8-5-4-6-9-18/h4-6,8-11,16-17,24H,7,12-15H2,1-3H3,(H,23,25). The molecule has 2 aromatic rings. The molecule has 8 heteroatoms. The zero-order valence-corrected chi connectivity index (χ0v) is 18.5. The topological polar surface area (TPSA) is 93.7 Å². The Kier molecular flexibility index (Phi) is 9.29. The van der Waals surface area contributed by atoms with Crippen molar-refractivity contribution in [2.45, 2.75) is 37.7 Å². The number of sulfonamides is 1. The van der Waals surface area contributed by atoms with Gasteiger partial charge in [0.15, 0.2) is 0 Å². The quantitative estimate of drug-likeness (QED) is 0.501. The Morgan fingerprint density at radius 1 is 1.07 bits per heavy atom. The van der Waals surface area contributed by atoms with E-state index in [9.17, 15) is 13.2 Å². The Hall–Kier alpha value is -2.42. The number of hydrogen-bond acceptors (Lipinski definition) is 5. The summed E-state index contributed by atoms with van der Waals surface area (Å²) < 4.78 is 38.8. The van der Waals surface area contributed by atoms with E-state index in [1.165, 1.54) is 19.2 Å². The molecule has 0 unspecified atom stereocenters. The lowest BCUT2D eigenvalue weighted by Crippen LogP contribution is -2.28. The first-order valence-corrected chi connectivity index (χ1v) is 11.4. The number of rotatable bonds is 12. The Balaban J connectivity index is 2.02. The van der Waals surface area contributed by atoms with E-state index in [2.05, 4.69) is 10.0 Å². The number of carbonyl (C=O) groups is 1. The Bertz CT molecular complexity index is 914. The summed E-state index contributed by atoms with van der Waals surface area (Å²) in [5.74, 6) is -0.160. The first-order chi connectivity index (χ1) is 14.3. The Labute approximate surface area is 178 Å².